The smallest absolute Gasteiger partial charge is 0.235 e. The number of carbonyl (C=O) groups is 1. The molecule has 0 radical (unpaired) electrons. The van der Waals surface area contributed by atoms with E-state index >= 15 is 0 Å². The third kappa shape index (κ3) is 5.02. The van der Waals surface area contributed by atoms with E-state index in [4.69, 9.17) is 0 Å². The fraction of sp³-hybridized carbons (Fsp3) is 0.259. The Hall–Kier alpha value is -3.42. The van der Waals surface area contributed by atoms with Gasteiger partial charge in [0.1, 0.15) is 6.04 Å². The van der Waals surface area contributed by atoms with Crippen LogP contribution < -0.4 is 5.32 Å². The van der Waals surface area contributed by atoms with Crippen LogP contribution in [-0.4, -0.2) is 29.4 Å². The van der Waals surface area contributed by atoms with Crippen molar-refractivity contribution < 1.29 is 4.79 Å². The molecular formula is C27H27N3O. The molecule has 3 aromatic rings. The summed E-state index contributed by atoms with van der Waals surface area (Å²) in [4.78, 5) is 15.5. The van der Waals surface area contributed by atoms with Gasteiger partial charge in [0.2, 0.25) is 5.91 Å². The summed E-state index contributed by atoms with van der Waals surface area (Å²) in [5, 5.41) is 13.4. The molecule has 2 atom stereocenters. The third-order valence-corrected chi connectivity index (χ3v) is 5.99. The van der Waals surface area contributed by atoms with Crippen LogP contribution in [0.15, 0.2) is 91.0 Å². The van der Waals surface area contributed by atoms with Crippen molar-refractivity contribution in [2.75, 3.05) is 6.54 Å². The van der Waals surface area contributed by atoms with Gasteiger partial charge in [-0.3, -0.25) is 4.79 Å². The largest absolute Gasteiger partial charge is 0.326 e. The molecular weight excluding hydrogens is 382 g/mol. The molecule has 1 amide bonds. The maximum absolute atomic E-state index is 13.7. The van der Waals surface area contributed by atoms with Crippen LogP contribution in [0.2, 0.25) is 0 Å². The lowest BCUT2D eigenvalue weighted by molar-refractivity contribution is -0.134. The number of benzene rings is 3. The van der Waals surface area contributed by atoms with Crippen molar-refractivity contribution >= 4 is 5.91 Å². The molecule has 0 aliphatic carbocycles. The van der Waals surface area contributed by atoms with Gasteiger partial charge in [-0.1, -0.05) is 91.0 Å². The summed E-state index contributed by atoms with van der Waals surface area (Å²) in [5.74, 6) is -0.391. The number of nitrogens with zero attached hydrogens (tertiary/aromatic N) is 2. The van der Waals surface area contributed by atoms with Crippen LogP contribution in [0.25, 0.3) is 0 Å². The monoisotopic (exact) mass is 409 g/mol. The number of nitrogens with one attached hydrogen (secondary N) is 1. The van der Waals surface area contributed by atoms with E-state index in [0.29, 0.717) is 13.0 Å². The number of nitriles is 1. The predicted octanol–water partition coefficient (Wildman–Crippen LogP) is 4.49. The topological polar surface area (TPSA) is 56.1 Å². The number of likely N-dealkylation sites (tertiary alicyclic amines) is 1. The first-order valence-electron chi connectivity index (χ1n) is 10.8. The average Bonchev–Trinajstić information content (AvgIpc) is 2.84. The molecule has 4 rings (SSSR count). The molecule has 31 heavy (non-hydrogen) atoms. The maximum Gasteiger partial charge on any atom is 0.235 e. The van der Waals surface area contributed by atoms with E-state index in [9.17, 15) is 10.1 Å². The van der Waals surface area contributed by atoms with Gasteiger partial charge in [0.05, 0.1) is 12.0 Å². The molecule has 0 unspecified atom stereocenters. The second-order valence-corrected chi connectivity index (χ2v) is 8.02. The molecule has 1 aliphatic rings. The minimum atomic E-state index is -0.426. The Morgan fingerprint density at radius 2 is 1.48 bits per heavy atom. The number of piperidine rings is 1. The molecule has 0 spiro atoms. The van der Waals surface area contributed by atoms with Crippen LogP contribution in [0.1, 0.15) is 35.4 Å². The zero-order valence-corrected chi connectivity index (χ0v) is 17.5. The molecule has 1 fully saturated rings. The zero-order chi connectivity index (χ0) is 21.5. The summed E-state index contributed by atoms with van der Waals surface area (Å²) in [7, 11) is 0. The van der Waals surface area contributed by atoms with Crippen LogP contribution in [0.5, 0.6) is 0 Å². The Bertz CT molecular complexity index is 975. The van der Waals surface area contributed by atoms with Crippen LogP contribution in [0, 0.1) is 11.3 Å². The Morgan fingerprint density at radius 3 is 2.03 bits per heavy atom. The highest BCUT2D eigenvalue weighted by atomic mass is 16.2. The Kier molecular flexibility index (Phi) is 6.76. The van der Waals surface area contributed by atoms with E-state index in [1.807, 2.05) is 78.9 Å². The second-order valence-electron chi connectivity index (χ2n) is 8.02. The Labute approximate surface area is 184 Å². The molecule has 1 saturated heterocycles. The van der Waals surface area contributed by atoms with Crippen molar-refractivity contribution in [3.8, 4) is 6.07 Å². The van der Waals surface area contributed by atoms with Crippen LogP contribution in [0.4, 0.5) is 0 Å². The lowest BCUT2D eigenvalue weighted by Gasteiger charge is -2.38. The Balaban J connectivity index is 1.49. The predicted molar refractivity (Wildman–Crippen MR) is 122 cm³/mol. The number of carbonyl (C=O) groups excluding carboxylic acids is 1. The summed E-state index contributed by atoms with van der Waals surface area (Å²) >= 11 is 0. The van der Waals surface area contributed by atoms with Crippen molar-refractivity contribution in [2.24, 2.45) is 0 Å². The van der Waals surface area contributed by atoms with Gasteiger partial charge in [0, 0.05) is 19.1 Å². The van der Waals surface area contributed by atoms with E-state index in [0.717, 1.165) is 24.1 Å². The first-order valence-corrected chi connectivity index (χ1v) is 10.8. The van der Waals surface area contributed by atoms with E-state index in [1.54, 1.807) is 4.90 Å². The normalized spacial score (nSPS) is 18.5. The van der Waals surface area contributed by atoms with Crippen LogP contribution in [-0.2, 0) is 11.3 Å². The molecule has 0 bridgehead atoms. The van der Waals surface area contributed by atoms with Gasteiger partial charge < -0.3 is 10.2 Å². The summed E-state index contributed by atoms with van der Waals surface area (Å²) in [6, 6.07) is 32.2. The molecule has 1 heterocycles. The summed E-state index contributed by atoms with van der Waals surface area (Å²) < 4.78 is 0. The molecule has 4 heteroatoms. The van der Waals surface area contributed by atoms with E-state index in [2.05, 4.69) is 23.5 Å². The fourth-order valence-corrected chi connectivity index (χ4v) is 4.33. The highest BCUT2D eigenvalue weighted by Gasteiger charge is 2.36. The first kappa shape index (κ1) is 20.8. The van der Waals surface area contributed by atoms with Gasteiger partial charge in [0.15, 0.2) is 0 Å². The summed E-state index contributed by atoms with van der Waals surface area (Å²) in [6.07, 6.45) is 1.48. The van der Waals surface area contributed by atoms with Crippen molar-refractivity contribution in [1.29, 1.82) is 5.26 Å². The molecule has 0 saturated carbocycles. The minimum absolute atomic E-state index is 0.00505. The number of hydrogen-bond donors (Lipinski definition) is 1. The Morgan fingerprint density at radius 1 is 0.935 bits per heavy atom. The fourth-order valence-electron chi connectivity index (χ4n) is 4.33. The lowest BCUT2D eigenvalue weighted by atomic mass is 9.88. The summed E-state index contributed by atoms with van der Waals surface area (Å²) in [5.41, 5.74) is 3.14. The van der Waals surface area contributed by atoms with E-state index in [-0.39, 0.29) is 11.9 Å². The molecule has 1 aliphatic heterocycles. The molecule has 1 N–H and O–H groups in total. The standard InChI is InChI=1S/C27H27N3O/c28-19-25-18-24(29-20-21-10-4-1-5-11-21)16-17-30(25)27(31)26(22-12-6-2-7-13-22)23-14-8-3-9-15-23/h1-15,24-26,29H,16-18,20H2/t24-,25+/m1/s1. The summed E-state index contributed by atoms with van der Waals surface area (Å²) in [6.45, 7) is 1.36. The lowest BCUT2D eigenvalue weighted by Crippen LogP contribution is -2.51. The van der Waals surface area contributed by atoms with E-state index in [1.165, 1.54) is 5.56 Å². The zero-order valence-electron chi connectivity index (χ0n) is 17.5. The van der Waals surface area contributed by atoms with Gasteiger partial charge in [-0.25, -0.2) is 0 Å². The van der Waals surface area contributed by atoms with Gasteiger partial charge >= 0.3 is 0 Å². The second kappa shape index (κ2) is 10.1. The number of amides is 1. The highest BCUT2D eigenvalue weighted by molar-refractivity contribution is 5.87. The maximum atomic E-state index is 13.7. The average molecular weight is 410 g/mol. The van der Waals surface area contributed by atoms with Gasteiger partial charge in [-0.05, 0) is 29.5 Å². The minimum Gasteiger partial charge on any atom is -0.326 e. The molecule has 4 nitrogen and oxygen atoms in total. The third-order valence-electron chi connectivity index (χ3n) is 5.99. The van der Waals surface area contributed by atoms with Gasteiger partial charge in [-0.2, -0.15) is 5.26 Å². The quantitative estimate of drug-likeness (QED) is 0.653. The van der Waals surface area contributed by atoms with Crippen molar-refractivity contribution in [1.82, 2.24) is 10.2 Å². The molecule has 0 aromatic heterocycles. The van der Waals surface area contributed by atoms with Crippen molar-refractivity contribution in [2.45, 2.75) is 37.4 Å². The first-order chi connectivity index (χ1) is 15.3. The number of rotatable bonds is 6. The highest BCUT2D eigenvalue weighted by Crippen LogP contribution is 2.30. The van der Waals surface area contributed by atoms with Crippen LogP contribution in [0.3, 0.4) is 0 Å². The van der Waals surface area contributed by atoms with Crippen molar-refractivity contribution in [3.05, 3.63) is 108 Å². The molecule has 156 valence electrons. The van der Waals surface area contributed by atoms with Gasteiger partial charge in [0.25, 0.3) is 0 Å². The van der Waals surface area contributed by atoms with E-state index < -0.39 is 12.0 Å². The molecule has 3 aromatic carbocycles. The SMILES string of the molecule is N#C[C@@H]1C[C@H](NCc2ccccc2)CCN1C(=O)C(c1ccccc1)c1ccccc1. The number of hydrogen-bond acceptors (Lipinski definition) is 3. The van der Waals surface area contributed by atoms with Crippen molar-refractivity contribution in [3.63, 3.8) is 0 Å². The van der Waals surface area contributed by atoms with Crippen LogP contribution >= 0.6 is 0 Å². The van der Waals surface area contributed by atoms with Gasteiger partial charge in [-0.15, -0.1) is 0 Å².